The van der Waals surface area contributed by atoms with Crippen LogP contribution in [0, 0.1) is 6.07 Å². The van der Waals surface area contributed by atoms with Gasteiger partial charge in [0.2, 0.25) is 0 Å². The Morgan fingerprint density at radius 2 is 2.17 bits per heavy atom. The first-order chi connectivity index (χ1) is 5.77. The van der Waals surface area contributed by atoms with Gasteiger partial charge in [0.25, 0.3) is 0 Å². The summed E-state index contributed by atoms with van der Waals surface area (Å²) in [6.07, 6.45) is 1.86. The highest BCUT2D eigenvalue weighted by Crippen LogP contribution is 2.19. The van der Waals surface area contributed by atoms with E-state index in [9.17, 15) is 0 Å². The van der Waals surface area contributed by atoms with E-state index in [1.165, 1.54) is 16.5 Å². The summed E-state index contributed by atoms with van der Waals surface area (Å²) in [4.78, 5) is 3.16. The van der Waals surface area contributed by atoms with Crippen molar-refractivity contribution in [2.75, 3.05) is 0 Å². The van der Waals surface area contributed by atoms with Gasteiger partial charge >= 0.3 is 0 Å². The van der Waals surface area contributed by atoms with Crippen LogP contribution in [-0.2, 0) is 0 Å². The number of fused-ring (bicyclic) bond motifs is 1. The highest BCUT2D eigenvalue weighted by Gasteiger charge is 2.00. The Morgan fingerprint density at radius 1 is 1.33 bits per heavy atom. The number of hydrogen-bond donors (Lipinski definition) is 1. The van der Waals surface area contributed by atoms with Gasteiger partial charge < -0.3 is 4.98 Å². The number of nitrogens with one attached hydrogen (secondary N) is 1. The van der Waals surface area contributed by atoms with Gasteiger partial charge in [-0.1, -0.05) is 26.0 Å². The summed E-state index contributed by atoms with van der Waals surface area (Å²) in [6.45, 7) is 4.40. The maximum Gasteiger partial charge on any atom is 0.0463 e. The molecule has 1 N–H and O–H groups in total. The van der Waals surface area contributed by atoms with Crippen molar-refractivity contribution in [2.24, 2.45) is 0 Å². The van der Waals surface area contributed by atoms with Gasteiger partial charge in [-0.3, -0.25) is 0 Å². The number of aromatic amines is 1. The summed E-state index contributed by atoms with van der Waals surface area (Å²) in [7, 11) is 0. The number of aromatic nitrogens is 1. The maximum atomic E-state index is 3.16. The molecule has 0 bridgehead atoms. The average Bonchev–Trinajstić information content (AvgIpc) is 2.49. The Kier molecular flexibility index (Phi) is 1.65. The Hall–Kier alpha value is -1.24. The van der Waals surface area contributed by atoms with E-state index in [2.05, 4.69) is 43.1 Å². The van der Waals surface area contributed by atoms with Crippen molar-refractivity contribution in [3.05, 3.63) is 36.0 Å². The first kappa shape index (κ1) is 7.41. The lowest BCUT2D eigenvalue weighted by Gasteiger charge is -2.03. The van der Waals surface area contributed by atoms with Crippen LogP contribution in [0.25, 0.3) is 10.9 Å². The molecule has 0 fully saturated rings. The summed E-state index contributed by atoms with van der Waals surface area (Å²) in [5.74, 6) is 0.595. The predicted molar refractivity (Wildman–Crippen MR) is 51.2 cm³/mol. The normalized spacial score (nSPS) is 11.2. The molecule has 0 aliphatic carbocycles. The molecule has 1 aromatic carbocycles. The van der Waals surface area contributed by atoms with Gasteiger partial charge in [0, 0.05) is 23.2 Å². The largest absolute Gasteiger partial charge is 0.361 e. The van der Waals surface area contributed by atoms with Crippen molar-refractivity contribution in [1.82, 2.24) is 4.98 Å². The van der Waals surface area contributed by atoms with Crippen LogP contribution in [0.2, 0.25) is 0 Å². The molecule has 2 rings (SSSR count). The number of hydrogen-bond acceptors (Lipinski definition) is 0. The third kappa shape index (κ3) is 1.11. The van der Waals surface area contributed by atoms with E-state index in [1.54, 1.807) is 0 Å². The molecule has 0 unspecified atom stereocenters. The predicted octanol–water partition coefficient (Wildman–Crippen LogP) is 3.09. The van der Waals surface area contributed by atoms with Gasteiger partial charge in [0.1, 0.15) is 0 Å². The molecule has 0 saturated carbocycles. The quantitative estimate of drug-likeness (QED) is 0.656. The fourth-order valence-electron chi connectivity index (χ4n) is 1.36. The number of H-pyrrole nitrogens is 1. The first-order valence-corrected chi connectivity index (χ1v) is 4.26. The Bertz CT molecular complexity index is 385. The SMILES string of the molecule is CC(C)c1ccc2[c]c[nH]c2c1. The van der Waals surface area contributed by atoms with Crippen molar-refractivity contribution in [1.29, 1.82) is 0 Å². The van der Waals surface area contributed by atoms with Gasteiger partial charge in [-0.2, -0.15) is 0 Å². The summed E-state index contributed by atoms with van der Waals surface area (Å²) in [6, 6.07) is 9.60. The fraction of sp³-hybridized carbons (Fsp3) is 0.273. The van der Waals surface area contributed by atoms with Gasteiger partial charge in [0.05, 0.1) is 0 Å². The zero-order valence-electron chi connectivity index (χ0n) is 7.39. The Morgan fingerprint density at radius 3 is 2.92 bits per heavy atom. The third-order valence-corrected chi connectivity index (χ3v) is 2.17. The lowest BCUT2D eigenvalue weighted by atomic mass is 10.0. The van der Waals surface area contributed by atoms with E-state index >= 15 is 0 Å². The minimum absolute atomic E-state index is 0.595. The molecule has 0 amide bonds. The molecule has 1 nitrogen and oxygen atoms in total. The number of rotatable bonds is 1. The lowest BCUT2D eigenvalue weighted by Crippen LogP contribution is -1.85. The first-order valence-electron chi connectivity index (χ1n) is 4.26. The van der Waals surface area contributed by atoms with E-state index < -0.39 is 0 Å². The van der Waals surface area contributed by atoms with Gasteiger partial charge in [-0.25, -0.2) is 0 Å². The van der Waals surface area contributed by atoms with Crippen molar-refractivity contribution >= 4 is 10.9 Å². The van der Waals surface area contributed by atoms with Crippen LogP contribution in [-0.4, -0.2) is 4.98 Å². The third-order valence-electron chi connectivity index (χ3n) is 2.17. The van der Waals surface area contributed by atoms with Crippen LogP contribution in [0.4, 0.5) is 0 Å². The monoisotopic (exact) mass is 158 g/mol. The molecule has 0 atom stereocenters. The standard InChI is InChI=1S/C11H12N/c1-8(2)10-4-3-9-5-6-12-11(9)7-10/h3-4,6-8,12H,1-2H3. The Balaban J connectivity index is 2.60. The molecule has 1 radical (unpaired) electrons. The second-order valence-electron chi connectivity index (χ2n) is 3.39. The molecule has 12 heavy (non-hydrogen) atoms. The number of benzene rings is 1. The van der Waals surface area contributed by atoms with Gasteiger partial charge in [-0.15, -0.1) is 0 Å². The minimum atomic E-state index is 0.595. The van der Waals surface area contributed by atoms with Crippen LogP contribution in [0.5, 0.6) is 0 Å². The lowest BCUT2D eigenvalue weighted by molar-refractivity contribution is 0.868. The van der Waals surface area contributed by atoms with E-state index in [-0.39, 0.29) is 0 Å². The van der Waals surface area contributed by atoms with Gasteiger partial charge in [0.15, 0.2) is 0 Å². The summed E-state index contributed by atoms with van der Waals surface area (Å²) < 4.78 is 0. The summed E-state index contributed by atoms with van der Waals surface area (Å²) in [5, 5.41) is 1.17. The van der Waals surface area contributed by atoms with Crippen molar-refractivity contribution < 1.29 is 0 Å². The van der Waals surface area contributed by atoms with Crippen molar-refractivity contribution in [3.8, 4) is 0 Å². The molecular formula is C11H12N. The van der Waals surface area contributed by atoms with Crippen molar-refractivity contribution in [2.45, 2.75) is 19.8 Å². The molecule has 1 aromatic heterocycles. The van der Waals surface area contributed by atoms with E-state index in [1.807, 2.05) is 6.20 Å². The molecular weight excluding hydrogens is 146 g/mol. The molecule has 0 saturated heterocycles. The van der Waals surface area contributed by atoms with E-state index in [0.717, 1.165) is 0 Å². The van der Waals surface area contributed by atoms with Crippen LogP contribution in [0.1, 0.15) is 25.3 Å². The Labute approximate surface area is 72.4 Å². The highest BCUT2D eigenvalue weighted by molar-refractivity contribution is 5.79. The van der Waals surface area contributed by atoms with Crippen LogP contribution in [0.15, 0.2) is 24.4 Å². The smallest absolute Gasteiger partial charge is 0.0463 e. The fourth-order valence-corrected chi connectivity index (χ4v) is 1.36. The van der Waals surface area contributed by atoms with Crippen molar-refractivity contribution in [3.63, 3.8) is 0 Å². The molecule has 1 heterocycles. The highest BCUT2D eigenvalue weighted by atomic mass is 14.7. The van der Waals surface area contributed by atoms with Crippen LogP contribution >= 0.6 is 0 Å². The van der Waals surface area contributed by atoms with Crippen LogP contribution in [0.3, 0.4) is 0 Å². The molecule has 61 valence electrons. The summed E-state index contributed by atoms with van der Waals surface area (Å²) >= 11 is 0. The molecule has 0 aliphatic rings. The average molecular weight is 158 g/mol. The molecule has 1 heteroatoms. The summed E-state index contributed by atoms with van der Waals surface area (Å²) in [5.41, 5.74) is 2.56. The molecule has 0 aliphatic heterocycles. The molecule has 0 spiro atoms. The zero-order chi connectivity index (χ0) is 8.55. The molecule has 2 aromatic rings. The minimum Gasteiger partial charge on any atom is -0.361 e. The second kappa shape index (κ2) is 2.67. The van der Waals surface area contributed by atoms with E-state index in [4.69, 9.17) is 0 Å². The zero-order valence-corrected chi connectivity index (χ0v) is 7.39. The topological polar surface area (TPSA) is 15.8 Å². The van der Waals surface area contributed by atoms with Crippen LogP contribution < -0.4 is 0 Å². The van der Waals surface area contributed by atoms with E-state index in [0.29, 0.717) is 5.92 Å². The maximum absolute atomic E-state index is 3.16. The second-order valence-corrected chi connectivity index (χ2v) is 3.39. The van der Waals surface area contributed by atoms with Gasteiger partial charge in [-0.05, 0) is 17.5 Å².